The molecule has 0 bridgehead atoms. The number of nitro groups is 1. The number of methoxy groups -OCH3 is 1. The van der Waals surface area contributed by atoms with E-state index in [0.717, 1.165) is 11.3 Å². The van der Waals surface area contributed by atoms with Crippen molar-refractivity contribution in [2.75, 3.05) is 7.11 Å². The molecule has 2 aromatic carbocycles. The molecule has 0 radical (unpaired) electrons. The van der Waals surface area contributed by atoms with Gasteiger partial charge in [0, 0.05) is 24.2 Å². The fourth-order valence-electron chi connectivity index (χ4n) is 2.70. The third-order valence-electron chi connectivity index (χ3n) is 4.75. The normalized spacial score (nSPS) is 12.5. The fourth-order valence-corrected chi connectivity index (χ4v) is 2.70. The Kier molecular flexibility index (Phi) is 7.70. The first-order valence-electron chi connectivity index (χ1n) is 9.31. The number of non-ortho nitro benzene ring substituents is 1. The highest BCUT2D eigenvalue weighted by Gasteiger charge is 2.26. The van der Waals surface area contributed by atoms with E-state index < -0.39 is 16.9 Å². The molecule has 8 nitrogen and oxygen atoms in total. The number of rotatable bonds is 9. The van der Waals surface area contributed by atoms with Crippen LogP contribution in [0.1, 0.15) is 36.2 Å². The van der Waals surface area contributed by atoms with Gasteiger partial charge in [0.05, 0.1) is 12.0 Å². The Morgan fingerprint density at radius 1 is 1.10 bits per heavy atom. The zero-order valence-corrected chi connectivity index (χ0v) is 16.7. The van der Waals surface area contributed by atoms with Crippen LogP contribution in [0.25, 0.3) is 0 Å². The van der Waals surface area contributed by atoms with E-state index in [2.05, 4.69) is 10.6 Å². The van der Waals surface area contributed by atoms with Crippen LogP contribution in [0.2, 0.25) is 0 Å². The lowest BCUT2D eigenvalue weighted by Crippen LogP contribution is -2.50. The molecule has 29 heavy (non-hydrogen) atoms. The summed E-state index contributed by atoms with van der Waals surface area (Å²) in [6.45, 7) is 4.14. The maximum atomic E-state index is 12.7. The van der Waals surface area contributed by atoms with E-state index in [9.17, 15) is 19.7 Å². The highest BCUT2D eigenvalue weighted by Crippen LogP contribution is 2.14. The number of carbonyl (C=O) groups is 2. The van der Waals surface area contributed by atoms with Crippen molar-refractivity contribution in [3.05, 3.63) is 69.8 Å². The van der Waals surface area contributed by atoms with Crippen molar-refractivity contribution in [3.8, 4) is 5.75 Å². The summed E-state index contributed by atoms with van der Waals surface area (Å²) in [6.07, 6.45) is 0.696. The highest BCUT2D eigenvalue weighted by molar-refractivity contribution is 5.97. The van der Waals surface area contributed by atoms with E-state index in [4.69, 9.17) is 4.74 Å². The van der Waals surface area contributed by atoms with Gasteiger partial charge in [-0.3, -0.25) is 19.7 Å². The second-order valence-corrected chi connectivity index (χ2v) is 6.71. The molecule has 0 aromatic heterocycles. The number of nitrogens with zero attached hydrogens (tertiary/aromatic N) is 1. The number of nitrogens with one attached hydrogen (secondary N) is 2. The van der Waals surface area contributed by atoms with Crippen molar-refractivity contribution in [3.63, 3.8) is 0 Å². The molecule has 2 N–H and O–H groups in total. The van der Waals surface area contributed by atoms with Crippen LogP contribution in [-0.4, -0.2) is 29.9 Å². The molecule has 2 aromatic rings. The second-order valence-electron chi connectivity index (χ2n) is 6.71. The molecule has 2 atom stereocenters. The summed E-state index contributed by atoms with van der Waals surface area (Å²) < 4.78 is 5.11. The van der Waals surface area contributed by atoms with Crippen molar-refractivity contribution in [1.82, 2.24) is 10.6 Å². The van der Waals surface area contributed by atoms with Crippen LogP contribution in [0, 0.1) is 16.0 Å². The average Bonchev–Trinajstić information content (AvgIpc) is 2.75. The van der Waals surface area contributed by atoms with Crippen molar-refractivity contribution >= 4 is 17.5 Å². The van der Waals surface area contributed by atoms with Gasteiger partial charge in [-0.2, -0.15) is 0 Å². The number of benzene rings is 2. The first-order valence-corrected chi connectivity index (χ1v) is 9.31. The van der Waals surface area contributed by atoms with Crippen molar-refractivity contribution < 1.29 is 19.2 Å². The van der Waals surface area contributed by atoms with E-state index >= 15 is 0 Å². The quantitative estimate of drug-likeness (QED) is 0.497. The minimum atomic E-state index is -0.721. The Balaban J connectivity index is 2.04. The number of hydrogen-bond acceptors (Lipinski definition) is 5. The summed E-state index contributed by atoms with van der Waals surface area (Å²) in [5, 5.41) is 16.3. The molecule has 0 saturated heterocycles. The molecule has 0 aliphatic heterocycles. The monoisotopic (exact) mass is 399 g/mol. The van der Waals surface area contributed by atoms with Gasteiger partial charge in [-0.15, -0.1) is 0 Å². The molecular formula is C21H25N3O5. The van der Waals surface area contributed by atoms with Crippen LogP contribution < -0.4 is 15.4 Å². The molecule has 0 unspecified atom stereocenters. The van der Waals surface area contributed by atoms with Gasteiger partial charge in [-0.1, -0.05) is 32.4 Å². The third-order valence-corrected chi connectivity index (χ3v) is 4.75. The van der Waals surface area contributed by atoms with Gasteiger partial charge in [0.25, 0.3) is 11.6 Å². The predicted molar refractivity (Wildman–Crippen MR) is 109 cm³/mol. The summed E-state index contributed by atoms with van der Waals surface area (Å²) in [5.41, 5.74) is 1.06. The van der Waals surface area contributed by atoms with Gasteiger partial charge >= 0.3 is 0 Å². The Morgan fingerprint density at radius 3 is 2.24 bits per heavy atom. The standard InChI is InChI=1S/C21H25N3O5/c1-4-14(2)19(21(26)22-13-15-5-11-18(29-3)12-6-15)23-20(25)16-7-9-17(10-8-16)24(27)28/h5-12,14,19H,4,13H2,1-3H3,(H,22,26)(H,23,25)/t14-,19-/m0/s1. The van der Waals surface area contributed by atoms with Gasteiger partial charge in [-0.05, 0) is 35.7 Å². The van der Waals surface area contributed by atoms with E-state index in [1.807, 2.05) is 38.1 Å². The van der Waals surface area contributed by atoms with Crippen LogP contribution in [0.3, 0.4) is 0 Å². The van der Waals surface area contributed by atoms with Crippen molar-refractivity contribution in [2.45, 2.75) is 32.9 Å². The smallest absolute Gasteiger partial charge is 0.269 e. The number of amides is 2. The molecular weight excluding hydrogens is 374 g/mol. The van der Waals surface area contributed by atoms with E-state index in [1.165, 1.54) is 24.3 Å². The number of hydrogen-bond donors (Lipinski definition) is 2. The molecule has 154 valence electrons. The maximum Gasteiger partial charge on any atom is 0.269 e. The Morgan fingerprint density at radius 2 is 1.72 bits per heavy atom. The summed E-state index contributed by atoms with van der Waals surface area (Å²) in [4.78, 5) is 35.5. The van der Waals surface area contributed by atoms with E-state index in [1.54, 1.807) is 7.11 Å². The molecule has 0 aliphatic rings. The molecule has 0 spiro atoms. The molecule has 0 aliphatic carbocycles. The van der Waals surface area contributed by atoms with E-state index in [0.29, 0.717) is 13.0 Å². The van der Waals surface area contributed by atoms with Crippen LogP contribution >= 0.6 is 0 Å². The molecule has 0 saturated carbocycles. The Labute approximate surface area is 169 Å². The number of ether oxygens (including phenoxy) is 1. The Bertz CT molecular complexity index is 850. The molecule has 2 rings (SSSR count). The maximum absolute atomic E-state index is 12.7. The summed E-state index contributed by atoms with van der Waals surface area (Å²) in [6, 6.07) is 11.9. The van der Waals surface area contributed by atoms with E-state index in [-0.39, 0.29) is 23.1 Å². The first-order chi connectivity index (χ1) is 13.8. The van der Waals surface area contributed by atoms with Crippen LogP contribution in [0.4, 0.5) is 5.69 Å². The van der Waals surface area contributed by atoms with Crippen LogP contribution in [0.15, 0.2) is 48.5 Å². The largest absolute Gasteiger partial charge is 0.497 e. The topological polar surface area (TPSA) is 111 Å². The third kappa shape index (κ3) is 6.03. The lowest BCUT2D eigenvalue weighted by molar-refractivity contribution is -0.384. The predicted octanol–water partition coefficient (Wildman–Crippen LogP) is 3.06. The minimum absolute atomic E-state index is 0.0899. The van der Waals surface area contributed by atoms with Crippen molar-refractivity contribution in [1.29, 1.82) is 0 Å². The average molecular weight is 399 g/mol. The van der Waals surface area contributed by atoms with Crippen molar-refractivity contribution in [2.24, 2.45) is 5.92 Å². The molecule has 0 heterocycles. The highest BCUT2D eigenvalue weighted by atomic mass is 16.6. The second kappa shape index (κ2) is 10.2. The molecule has 0 fully saturated rings. The van der Waals surface area contributed by atoms with Gasteiger partial charge in [0.2, 0.25) is 5.91 Å². The van der Waals surface area contributed by atoms with Crippen LogP contribution in [0.5, 0.6) is 5.75 Å². The molecule has 8 heteroatoms. The minimum Gasteiger partial charge on any atom is -0.497 e. The lowest BCUT2D eigenvalue weighted by atomic mass is 9.97. The Hall–Kier alpha value is -3.42. The first kappa shape index (κ1) is 21.9. The zero-order chi connectivity index (χ0) is 21.4. The lowest BCUT2D eigenvalue weighted by Gasteiger charge is -2.23. The van der Waals surface area contributed by atoms with Crippen LogP contribution in [-0.2, 0) is 11.3 Å². The molecule has 2 amide bonds. The SMILES string of the molecule is CC[C@H](C)[C@H](NC(=O)c1ccc([N+](=O)[O-])cc1)C(=O)NCc1ccc(OC)cc1. The van der Waals surface area contributed by atoms with Gasteiger partial charge in [0.15, 0.2) is 0 Å². The van der Waals surface area contributed by atoms with Gasteiger partial charge in [0.1, 0.15) is 11.8 Å². The summed E-state index contributed by atoms with van der Waals surface area (Å²) in [7, 11) is 1.58. The number of nitro benzene ring substituents is 1. The van der Waals surface area contributed by atoms with Gasteiger partial charge in [-0.25, -0.2) is 0 Å². The zero-order valence-electron chi connectivity index (χ0n) is 16.7. The summed E-state index contributed by atoms with van der Waals surface area (Å²) in [5.74, 6) is -0.101. The number of carbonyl (C=O) groups excluding carboxylic acids is 2. The summed E-state index contributed by atoms with van der Waals surface area (Å²) >= 11 is 0. The fraction of sp³-hybridized carbons (Fsp3) is 0.333. The van der Waals surface area contributed by atoms with Gasteiger partial charge < -0.3 is 15.4 Å².